The van der Waals surface area contributed by atoms with Crippen molar-refractivity contribution < 1.29 is 4.74 Å². The molecule has 1 aliphatic heterocycles. The summed E-state index contributed by atoms with van der Waals surface area (Å²) in [5, 5.41) is 12.0. The van der Waals surface area contributed by atoms with Crippen molar-refractivity contribution in [2.45, 2.75) is 12.5 Å². The summed E-state index contributed by atoms with van der Waals surface area (Å²) < 4.78 is 8.22. The Morgan fingerprint density at radius 1 is 1.00 bits per heavy atom. The molecule has 172 valence electrons. The zero-order valence-electron chi connectivity index (χ0n) is 18.9. The van der Waals surface area contributed by atoms with E-state index in [1.807, 2.05) is 71.7 Å². The topological polar surface area (TPSA) is 64.7 Å². The number of aromatic nitrogens is 3. The normalized spacial score (nSPS) is 15.4. The molecule has 4 aromatic rings. The van der Waals surface area contributed by atoms with Gasteiger partial charge < -0.3 is 4.74 Å². The number of hydrogen-bond acceptors (Lipinski definition) is 5. The summed E-state index contributed by atoms with van der Waals surface area (Å²) in [6.07, 6.45) is 0. The van der Waals surface area contributed by atoms with Crippen LogP contribution in [0, 0.1) is 0 Å². The molecule has 3 aromatic carbocycles. The predicted molar refractivity (Wildman–Crippen MR) is 134 cm³/mol. The predicted octanol–water partition coefficient (Wildman–Crippen LogP) is 4.30. The van der Waals surface area contributed by atoms with Gasteiger partial charge in [-0.15, -0.1) is 5.10 Å². The Balaban J connectivity index is 1.49. The van der Waals surface area contributed by atoms with Gasteiger partial charge in [0.1, 0.15) is 5.75 Å². The zero-order valence-corrected chi connectivity index (χ0v) is 19.7. The van der Waals surface area contributed by atoms with Gasteiger partial charge >= 0.3 is 5.69 Å². The molecule has 1 atom stereocenters. The lowest BCUT2D eigenvalue weighted by Crippen LogP contribution is -2.25. The van der Waals surface area contributed by atoms with Crippen LogP contribution in [0.2, 0.25) is 5.02 Å². The van der Waals surface area contributed by atoms with Crippen LogP contribution < -0.4 is 15.4 Å². The minimum atomic E-state index is -0.197. The van der Waals surface area contributed by atoms with Crippen molar-refractivity contribution in [3.63, 3.8) is 0 Å². The van der Waals surface area contributed by atoms with E-state index in [1.54, 1.807) is 18.7 Å². The molecule has 0 radical (unpaired) electrons. The van der Waals surface area contributed by atoms with E-state index in [4.69, 9.17) is 21.4 Å². The minimum absolute atomic E-state index is 0.0317. The van der Waals surface area contributed by atoms with Crippen LogP contribution in [0.3, 0.4) is 0 Å². The SMILES string of the molecule is COc1ccc(Cn2nc(N3C[C@@H](c4ccccc4)C(c4ccc(Cl)cc4)=N3)n(C)c2=O)cc1. The molecule has 7 nitrogen and oxygen atoms in total. The molecule has 0 unspecified atom stereocenters. The van der Waals surface area contributed by atoms with E-state index in [0.717, 1.165) is 28.2 Å². The minimum Gasteiger partial charge on any atom is -0.497 e. The highest BCUT2D eigenvalue weighted by Gasteiger charge is 2.32. The highest BCUT2D eigenvalue weighted by atomic mass is 35.5. The molecule has 5 rings (SSSR count). The van der Waals surface area contributed by atoms with Crippen molar-refractivity contribution in [2.24, 2.45) is 12.1 Å². The zero-order chi connectivity index (χ0) is 23.7. The van der Waals surface area contributed by atoms with E-state index in [9.17, 15) is 4.79 Å². The first-order valence-corrected chi connectivity index (χ1v) is 11.3. The summed E-state index contributed by atoms with van der Waals surface area (Å²) in [6.45, 7) is 0.940. The van der Waals surface area contributed by atoms with E-state index in [2.05, 4.69) is 17.2 Å². The molecule has 0 aliphatic carbocycles. The summed E-state index contributed by atoms with van der Waals surface area (Å²) in [5.41, 5.74) is 3.82. The van der Waals surface area contributed by atoms with Gasteiger partial charge in [0.2, 0.25) is 5.95 Å². The first-order valence-electron chi connectivity index (χ1n) is 11.0. The maximum absolute atomic E-state index is 13.0. The number of hydrogen-bond donors (Lipinski definition) is 0. The van der Waals surface area contributed by atoms with Gasteiger partial charge in [-0.05, 0) is 41.0 Å². The van der Waals surface area contributed by atoms with Crippen molar-refractivity contribution in [1.82, 2.24) is 14.3 Å². The fraction of sp³-hybridized carbons (Fsp3) is 0.192. The molecule has 0 fully saturated rings. The Hall–Kier alpha value is -3.84. The molecule has 0 amide bonds. The number of nitrogens with zero attached hydrogens (tertiary/aromatic N) is 5. The van der Waals surface area contributed by atoms with Gasteiger partial charge in [0.25, 0.3) is 0 Å². The monoisotopic (exact) mass is 473 g/mol. The van der Waals surface area contributed by atoms with Crippen molar-refractivity contribution in [1.29, 1.82) is 0 Å². The number of methoxy groups -OCH3 is 1. The molecular weight excluding hydrogens is 450 g/mol. The van der Waals surface area contributed by atoms with Crippen LogP contribution in [0.1, 0.15) is 22.6 Å². The smallest absolute Gasteiger partial charge is 0.347 e. The van der Waals surface area contributed by atoms with Crippen LogP contribution in [0.5, 0.6) is 5.75 Å². The number of rotatable bonds is 6. The fourth-order valence-electron chi connectivity index (χ4n) is 4.16. The van der Waals surface area contributed by atoms with Gasteiger partial charge in [0, 0.05) is 18.0 Å². The quantitative estimate of drug-likeness (QED) is 0.419. The molecule has 0 bridgehead atoms. The van der Waals surface area contributed by atoms with Gasteiger partial charge in [-0.1, -0.05) is 66.2 Å². The lowest BCUT2D eigenvalue weighted by molar-refractivity contribution is 0.414. The molecule has 2 heterocycles. The van der Waals surface area contributed by atoms with E-state index >= 15 is 0 Å². The third-order valence-electron chi connectivity index (χ3n) is 6.00. The number of hydrazone groups is 1. The average molecular weight is 474 g/mol. The Kier molecular flexibility index (Phi) is 5.94. The van der Waals surface area contributed by atoms with E-state index < -0.39 is 0 Å². The van der Waals surface area contributed by atoms with Crippen LogP contribution in [-0.4, -0.2) is 33.7 Å². The maximum Gasteiger partial charge on any atom is 0.347 e. The second-order valence-electron chi connectivity index (χ2n) is 8.18. The van der Waals surface area contributed by atoms with Crippen molar-refractivity contribution >= 4 is 23.3 Å². The highest BCUT2D eigenvalue weighted by Crippen LogP contribution is 2.31. The Bertz CT molecular complexity index is 1380. The largest absolute Gasteiger partial charge is 0.497 e. The molecular formula is C26H24ClN5O2. The van der Waals surface area contributed by atoms with E-state index in [-0.39, 0.29) is 11.6 Å². The van der Waals surface area contributed by atoms with Gasteiger partial charge in [0.15, 0.2) is 0 Å². The summed E-state index contributed by atoms with van der Waals surface area (Å²) in [5.74, 6) is 1.30. The average Bonchev–Trinajstić information content (AvgIpc) is 3.43. The first-order chi connectivity index (χ1) is 16.5. The van der Waals surface area contributed by atoms with E-state index in [0.29, 0.717) is 24.1 Å². The van der Waals surface area contributed by atoms with Gasteiger partial charge in [0.05, 0.1) is 25.9 Å². The molecule has 8 heteroatoms. The van der Waals surface area contributed by atoms with Crippen LogP contribution >= 0.6 is 11.6 Å². The van der Waals surface area contributed by atoms with Crippen LogP contribution in [0.15, 0.2) is 88.8 Å². The third kappa shape index (κ3) is 4.22. The second-order valence-corrected chi connectivity index (χ2v) is 8.62. The number of anilines is 1. The Morgan fingerprint density at radius 3 is 2.38 bits per heavy atom. The first kappa shape index (κ1) is 22.0. The standard InChI is InChI=1S/C26H24ClN5O2/c1-30-25(29-32(26(30)33)16-18-8-14-22(34-2)15-9-18)31-17-23(19-6-4-3-5-7-19)24(28-31)20-10-12-21(27)13-11-20/h3-15,23H,16-17H2,1-2H3/t23-/m0/s1. The molecule has 1 aliphatic rings. The summed E-state index contributed by atoms with van der Waals surface area (Å²) in [6, 6.07) is 25.5. The van der Waals surface area contributed by atoms with Gasteiger partial charge in [-0.25, -0.2) is 14.5 Å². The highest BCUT2D eigenvalue weighted by molar-refractivity contribution is 6.30. The van der Waals surface area contributed by atoms with E-state index in [1.165, 1.54) is 4.68 Å². The van der Waals surface area contributed by atoms with Crippen LogP contribution in [0.25, 0.3) is 0 Å². The maximum atomic E-state index is 13.0. The summed E-state index contributed by atoms with van der Waals surface area (Å²) in [4.78, 5) is 13.0. The number of ether oxygens (including phenoxy) is 1. The number of benzene rings is 3. The lowest BCUT2D eigenvalue weighted by Gasteiger charge is -2.15. The van der Waals surface area contributed by atoms with Gasteiger partial charge in [-0.2, -0.15) is 5.10 Å². The molecule has 34 heavy (non-hydrogen) atoms. The summed E-state index contributed by atoms with van der Waals surface area (Å²) in [7, 11) is 3.35. The second kappa shape index (κ2) is 9.19. The van der Waals surface area contributed by atoms with Crippen LogP contribution in [0.4, 0.5) is 5.95 Å². The van der Waals surface area contributed by atoms with Crippen LogP contribution in [-0.2, 0) is 13.6 Å². The molecule has 0 spiro atoms. The molecule has 0 saturated carbocycles. The number of halogens is 1. The lowest BCUT2D eigenvalue weighted by atomic mass is 9.91. The Morgan fingerprint density at radius 2 is 1.71 bits per heavy atom. The molecule has 0 saturated heterocycles. The molecule has 1 aromatic heterocycles. The summed E-state index contributed by atoms with van der Waals surface area (Å²) >= 11 is 6.11. The van der Waals surface area contributed by atoms with Crippen molar-refractivity contribution in [3.05, 3.63) is 111 Å². The Labute approximate surface area is 202 Å². The van der Waals surface area contributed by atoms with Gasteiger partial charge in [-0.3, -0.25) is 4.57 Å². The fourth-order valence-corrected chi connectivity index (χ4v) is 4.29. The van der Waals surface area contributed by atoms with Crippen molar-refractivity contribution in [2.75, 3.05) is 18.7 Å². The third-order valence-corrected chi connectivity index (χ3v) is 6.25. The van der Waals surface area contributed by atoms with Crippen molar-refractivity contribution in [3.8, 4) is 5.75 Å². The molecule has 0 N–H and O–H groups in total.